The van der Waals surface area contributed by atoms with E-state index < -0.39 is 20.0 Å². The first-order valence-corrected chi connectivity index (χ1v) is 12.9. The van der Waals surface area contributed by atoms with Crippen molar-refractivity contribution in [3.8, 4) is 11.1 Å². The van der Waals surface area contributed by atoms with Crippen molar-refractivity contribution in [1.82, 2.24) is 0 Å². The molecule has 4 aromatic rings. The van der Waals surface area contributed by atoms with Gasteiger partial charge in [-0.3, -0.25) is 9.44 Å². The molecular formula is C22H20N2O4S2. The summed E-state index contributed by atoms with van der Waals surface area (Å²) in [4.78, 5) is 0. The zero-order chi connectivity index (χ0) is 21.5. The number of fused-ring (bicyclic) bond motifs is 2. The van der Waals surface area contributed by atoms with E-state index in [0.29, 0.717) is 22.5 Å². The number of hydrogen-bond donors (Lipinski definition) is 2. The molecule has 0 unspecified atom stereocenters. The molecule has 8 heteroatoms. The van der Waals surface area contributed by atoms with E-state index in [4.69, 9.17) is 0 Å². The van der Waals surface area contributed by atoms with E-state index in [-0.39, 0.29) is 0 Å². The van der Waals surface area contributed by atoms with Gasteiger partial charge < -0.3 is 0 Å². The molecule has 6 nitrogen and oxygen atoms in total. The average Bonchev–Trinajstić information content (AvgIpc) is 2.66. The molecule has 0 amide bonds. The number of sulfonamides is 2. The van der Waals surface area contributed by atoms with Gasteiger partial charge in [0, 0.05) is 11.1 Å². The lowest BCUT2D eigenvalue weighted by atomic mass is 9.91. The van der Waals surface area contributed by atoms with Gasteiger partial charge in [-0.1, -0.05) is 60.7 Å². The highest BCUT2D eigenvalue weighted by molar-refractivity contribution is 7.92. The van der Waals surface area contributed by atoms with Crippen LogP contribution in [-0.2, 0) is 20.0 Å². The van der Waals surface area contributed by atoms with E-state index in [0.717, 1.165) is 34.1 Å². The molecule has 0 aromatic heterocycles. The number of anilines is 2. The van der Waals surface area contributed by atoms with E-state index in [9.17, 15) is 16.8 Å². The van der Waals surface area contributed by atoms with Crippen LogP contribution in [0.15, 0.2) is 72.8 Å². The summed E-state index contributed by atoms with van der Waals surface area (Å²) in [7, 11) is -7.13. The average molecular weight is 441 g/mol. The Bertz CT molecular complexity index is 1380. The van der Waals surface area contributed by atoms with Crippen molar-refractivity contribution in [3.63, 3.8) is 0 Å². The van der Waals surface area contributed by atoms with Gasteiger partial charge in [0.1, 0.15) is 0 Å². The Balaban J connectivity index is 2.18. The minimum Gasteiger partial charge on any atom is -0.283 e. The predicted octanol–water partition coefficient (Wildman–Crippen LogP) is 4.40. The van der Waals surface area contributed by atoms with Gasteiger partial charge in [0.05, 0.1) is 23.9 Å². The van der Waals surface area contributed by atoms with Crippen LogP contribution < -0.4 is 9.44 Å². The molecule has 30 heavy (non-hydrogen) atoms. The summed E-state index contributed by atoms with van der Waals surface area (Å²) in [6.07, 6.45) is 2.18. The Morgan fingerprint density at radius 1 is 0.533 bits per heavy atom. The van der Waals surface area contributed by atoms with Gasteiger partial charge in [0.25, 0.3) is 0 Å². The molecule has 0 spiro atoms. The van der Waals surface area contributed by atoms with Crippen LogP contribution in [0.3, 0.4) is 0 Å². The molecule has 154 valence electrons. The molecule has 0 aliphatic carbocycles. The lowest BCUT2D eigenvalue weighted by Gasteiger charge is -2.19. The molecule has 0 heterocycles. The molecule has 0 saturated carbocycles. The molecule has 0 bridgehead atoms. The van der Waals surface area contributed by atoms with Gasteiger partial charge in [-0.05, 0) is 33.7 Å². The molecule has 4 rings (SSSR count). The van der Waals surface area contributed by atoms with Crippen LogP contribution >= 0.6 is 0 Å². The molecule has 2 N–H and O–H groups in total. The van der Waals surface area contributed by atoms with Crippen molar-refractivity contribution in [1.29, 1.82) is 0 Å². The summed E-state index contributed by atoms with van der Waals surface area (Å²) >= 11 is 0. The second kappa shape index (κ2) is 7.30. The second-order valence-corrected chi connectivity index (χ2v) is 10.7. The van der Waals surface area contributed by atoms with Crippen molar-refractivity contribution < 1.29 is 16.8 Å². The van der Waals surface area contributed by atoms with E-state index in [1.165, 1.54) is 0 Å². The van der Waals surface area contributed by atoms with Gasteiger partial charge >= 0.3 is 0 Å². The molecule has 4 aromatic carbocycles. The summed E-state index contributed by atoms with van der Waals surface area (Å²) in [5, 5.41) is 3.42. The van der Waals surface area contributed by atoms with Crippen LogP contribution in [0, 0.1) is 0 Å². The lowest BCUT2D eigenvalue weighted by molar-refractivity contribution is 0.605. The molecule has 0 radical (unpaired) electrons. The Morgan fingerprint density at radius 3 is 1.27 bits per heavy atom. The Hall–Kier alpha value is -3.10. The first-order valence-electron chi connectivity index (χ1n) is 9.12. The minimum atomic E-state index is -3.57. The fourth-order valence-electron chi connectivity index (χ4n) is 3.65. The topological polar surface area (TPSA) is 92.3 Å². The summed E-state index contributed by atoms with van der Waals surface area (Å²) in [6.45, 7) is 0. The van der Waals surface area contributed by atoms with Crippen LogP contribution in [0.1, 0.15) is 0 Å². The van der Waals surface area contributed by atoms with Crippen LogP contribution in [0.5, 0.6) is 0 Å². The summed E-state index contributed by atoms with van der Waals surface area (Å²) in [5.41, 5.74) is 1.98. The number of benzene rings is 4. The van der Waals surface area contributed by atoms with Crippen LogP contribution in [0.25, 0.3) is 32.7 Å². The highest BCUT2D eigenvalue weighted by Crippen LogP contribution is 2.43. The molecule has 0 aliphatic heterocycles. The van der Waals surface area contributed by atoms with Crippen molar-refractivity contribution in [2.24, 2.45) is 0 Å². The first-order chi connectivity index (χ1) is 14.1. The third kappa shape index (κ3) is 4.10. The van der Waals surface area contributed by atoms with Crippen molar-refractivity contribution in [2.75, 3.05) is 22.0 Å². The van der Waals surface area contributed by atoms with E-state index in [1.807, 2.05) is 60.7 Å². The molecule has 0 aliphatic rings. The van der Waals surface area contributed by atoms with Crippen LogP contribution in [0.4, 0.5) is 11.4 Å². The lowest BCUT2D eigenvalue weighted by Crippen LogP contribution is -2.13. The largest absolute Gasteiger partial charge is 0.283 e. The molecule has 0 saturated heterocycles. The highest BCUT2D eigenvalue weighted by atomic mass is 32.2. The first kappa shape index (κ1) is 20.2. The summed E-state index contributed by atoms with van der Waals surface area (Å²) in [5.74, 6) is 0. The van der Waals surface area contributed by atoms with Crippen molar-refractivity contribution in [2.45, 2.75) is 0 Å². The zero-order valence-electron chi connectivity index (χ0n) is 16.4. The third-order valence-corrected chi connectivity index (χ3v) is 5.88. The smallest absolute Gasteiger partial charge is 0.229 e. The van der Waals surface area contributed by atoms with Crippen molar-refractivity contribution in [3.05, 3.63) is 72.8 Å². The quantitative estimate of drug-likeness (QED) is 0.481. The fraction of sp³-hybridized carbons (Fsp3) is 0.0909. The molecule has 0 atom stereocenters. The van der Waals surface area contributed by atoms with Crippen LogP contribution in [0.2, 0.25) is 0 Å². The van der Waals surface area contributed by atoms with E-state index in [2.05, 4.69) is 9.44 Å². The fourth-order valence-corrected chi connectivity index (χ4v) is 4.79. The van der Waals surface area contributed by atoms with Gasteiger partial charge in [0.2, 0.25) is 20.0 Å². The van der Waals surface area contributed by atoms with Gasteiger partial charge in [0.15, 0.2) is 0 Å². The summed E-state index contributed by atoms with van der Waals surface area (Å²) < 4.78 is 53.5. The van der Waals surface area contributed by atoms with Crippen LogP contribution in [-0.4, -0.2) is 29.3 Å². The standard InChI is InChI=1S/C22H20N2O4S2/c1-29(25,26)23-19-13-11-15-7-3-5-9-17(15)21(19)22-18-10-6-4-8-16(18)12-14-20(22)24-30(2,27)28/h3-14,23-24H,1-2H3. The number of hydrogen-bond acceptors (Lipinski definition) is 4. The van der Waals surface area contributed by atoms with Gasteiger partial charge in [-0.25, -0.2) is 16.8 Å². The van der Waals surface area contributed by atoms with E-state index >= 15 is 0 Å². The maximum absolute atomic E-state index is 12.1. The number of rotatable bonds is 5. The Labute approximate surface area is 175 Å². The van der Waals surface area contributed by atoms with Crippen molar-refractivity contribution >= 4 is 53.0 Å². The monoisotopic (exact) mass is 440 g/mol. The predicted molar refractivity (Wildman–Crippen MR) is 124 cm³/mol. The second-order valence-electron chi connectivity index (χ2n) is 7.17. The zero-order valence-corrected chi connectivity index (χ0v) is 18.0. The maximum atomic E-state index is 12.1. The van der Waals surface area contributed by atoms with Gasteiger partial charge in [-0.2, -0.15) is 0 Å². The normalized spacial score (nSPS) is 12.2. The van der Waals surface area contributed by atoms with E-state index in [1.54, 1.807) is 12.1 Å². The summed E-state index contributed by atoms with van der Waals surface area (Å²) in [6, 6.07) is 22.2. The Morgan fingerprint density at radius 2 is 0.900 bits per heavy atom. The molecular weight excluding hydrogens is 420 g/mol. The third-order valence-electron chi connectivity index (χ3n) is 4.70. The maximum Gasteiger partial charge on any atom is 0.229 e. The molecule has 0 fully saturated rings. The van der Waals surface area contributed by atoms with Gasteiger partial charge in [-0.15, -0.1) is 0 Å². The highest BCUT2D eigenvalue weighted by Gasteiger charge is 2.20. The number of nitrogens with one attached hydrogen (secondary N) is 2. The minimum absolute atomic E-state index is 0.379. The SMILES string of the molecule is CS(=O)(=O)Nc1ccc2ccccc2c1-c1c(NS(C)(=O)=O)ccc2ccccc12. The Kier molecular flexibility index (Phi) is 4.91.